The van der Waals surface area contributed by atoms with Crippen LogP contribution in [0.3, 0.4) is 0 Å². The molecule has 1 unspecified atom stereocenters. The molecule has 0 N–H and O–H groups in total. The molecule has 0 radical (unpaired) electrons. The molecule has 2 heterocycles. The van der Waals surface area contributed by atoms with Crippen LogP contribution in [-0.4, -0.2) is 54.4 Å². The van der Waals surface area contributed by atoms with Crippen molar-refractivity contribution < 1.29 is 14.3 Å². The van der Waals surface area contributed by atoms with Crippen LogP contribution in [0, 0.1) is 5.41 Å². The van der Waals surface area contributed by atoms with Gasteiger partial charge in [-0.3, -0.25) is 14.5 Å². The van der Waals surface area contributed by atoms with Gasteiger partial charge in [0.1, 0.15) is 5.60 Å². The van der Waals surface area contributed by atoms with Crippen LogP contribution in [0.15, 0.2) is 54.6 Å². The summed E-state index contributed by atoms with van der Waals surface area (Å²) in [6.07, 6.45) is 7.06. The van der Waals surface area contributed by atoms with Crippen LogP contribution in [0.25, 0.3) is 0 Å². The highest BCUT2D eigenvalue weighted by Gasteiger charge is 2.45. The molecular weight excluding hydrogens is 495 g/mol. The van der Waals surface area contributed by atoms with Crippen molar-refractivity contribution in [3.8, 4) is 0 Å². The third-order valence-electron chi connectivity index (χ3n) is 8.24. The average Bonchev–Trinajstić information content (AvgIpc) is 3.18. The highest BCUT2D eigenvalue weighted by atomic mass is 35.5. The lowest BCUT2D eigenvalue weighted by atomic mass is 9.76. The lowest BCUT2D eigenvalue weighted by molar-refractivity contribution is -0.153. The van der Waals surface area contributed by atoms with E-state index in [0.717, 1.165) is 69.3 Å². The molecule has 1 spiro atoms. The fraction of sp³-hybridized carbons (Fsp3) is 0.517. The predicted molar refractivity (Wildman–Crippen MR) is 144 cm³/mol. The first-order chi connectivity index (χ1) is 17.0. The molecule has 194 valence electrons. The summed E-state index contributed by atoms with van der Waals surface area (Å²) in [5.41, 5.74) is 1.63. The van der Waals surface area contributed by atoms with Gasteiger partial charge in [0.2, 0.25) is 11.8 Å². The molecule has 2 aliphatic heterocycles. The highest BCUT2D eigenvalue weighted by Crippen LogP contribution is 2.47. The van der Waals surface area contributed by atoms with Crippen molar-refractivity contribution in [1.29, 1.82) is 0 Å². The lowest BCUT2D eigenvalue weighted by Crippen LogP contribution is -2.48. The van der Waals surface area contributed by atoms with Crippen LogP contribution in [0.4, 0.5) is 0 Å². The number of halogens is 2. The number of hydrogen-bond acceptors (Lipinski definition) is 4. The summed E-state index contributed by atoms with van der Waals surface area (Å²) < 4.78 is 6.61. The number of imide groups is 1. The van der Waals surface area contributed by atoms with Crippen molar-refractivity contribution in [3.05, 3.63) is 70.7 Å². The second-order valence-corrected chi connectivity index (χ2v) is 10.9. The Kier molecular flexibility index (Phi) is 8.77. The third-order valence-corrected chi connectivity index (χ3v) is 8.48. The molecule has 5 rings (SSSR count). The number of rotatable bonds is 6. The van der Waals surface area contributed by atoms with Crippen LogP contribution in [-0.2, 0) is 19.9 Å². The van der Waals surface area contributed by atoms with E-state index < -0.39 is 5.60 Å². The van der Waals surface area contributed by atoms with E-state index in [1.807, 2.05) is 24.3 Å². The standard InChI is InChI=1S/C29H35ClN2O3.ClH/c30-25-11-6-10-24(20-25)29(23-8-2-1-3-9-23)14-17-31(18-19-35-29)15-7-16-32-26(33)21-28(22-27(32)34)12-4-5-13-28;/h1-3,6,8-11,20H,4-5,7,12-19,21-22H2;1H. The van der Waals surface area contributed by atoms with Gasteiger partial charge < -0.3 is 9.64 Å². The SMILES string of the molecule is Cl.O=C1CC2(CCCC2)CC(=O)N1CCCN1CCOC(c2ccccc2)(c2cccc(Cl)c2)CC1. The molecule has 2 amide bonds. The number of carbonyl (C=O) groups is 2. The van der Waals surface area contributed by atoms with E-state index in [-0.39, 0.29) is 29.6 Å². The molecule has 5 nitrogen and oxygen atoms in total. The summed E-state index contributed by atoms with van der Waals surface area (Å²) in [4.78, 5) is 29.5. The summed E-state index contributed by atoms with van der Waals surface area (Å²) in [5, 5.41) is 0.706. The van der Waals surface area contributed by atoms with Gasteiger partial charge in [0.25, 0.3) is 0 Å². The van der Waals surface area contributed by atoms with E-state index >= 15 is 0 Å². The van der Waals surface area contributed by atoms with Crippen LogP contribution in [0.1, 0.15) is 62.5 Å². The molecule has 1 saturated carbocycles. The first-order valence-corrected chi connectivity index (χ1v) is 13.4. The molecule has 2 saturated heterocycles. The Hall–Kier alpha value is -1.92. The Morgan fingerprint density at radius 3 is 2.22 bits per heavy atom. The van der Waals surface area contributed by atoms with Gasteiger partial charge in [0, 0.05) is 37.5 Å². The van der Waals surface area contributed by atoms with Crippen molar-refractivity contribution in [1.82, 2.24) is 9.80 Å². The van der Waals surface area contributed by atoms with Gasteiger partial charge in [-0.1, -0.05) is 66.9 Å². The van der Waals surface area contributed by atoms with Gasteiger partial charge >= 0.3 is 0 Å². The van der Waals surface area contributed by atoms with Crippen LogP contribution in [0.5, 0.6) is 0 Å². The topological polar surface area (TPSA) is 49.9 Å². The van der Waals surface area contributed by atoms with Crippen molar-refractivity contribution in [2.75, 3.05) is 32.8 Å². The zero-order valence-electron chi connectivity index (χ0n) is 20.8. The molecule has 3 aliphatic rings. The van der Waals surface area contributed by atoms with Gasteiger partial charge in [-0.05, 0) is 60.9 Å². The quantitative estimate of drug-likeness (QED) is 0.441. The minimum atomic E-state index is -0.546. The maximum Gasteiger partial charge on any atom is 0.229 e. The van der Waals surface area contributed by atoms with Gasteiger partial charge in [-0.25, -0.2) is 0 Å². The number of hydrogen-bond donors (Lipinski definition) is 0. The summed E-state index contributed by atoms with van der Waals surface area (Å²) in [5.74, 6) is 0.0674. The number of benzene rings is 2. The van der Waals surface area contributed by atoms with Gasteiger partial charge in [0.15, 0.2) is 0 Å². The zero-order chi connectivity index (χ0) is 24.3. The van der Waals surface area contributed by atoms with E-state index in [1.54, 1.807) is 0 Å². The number of ether oxygens (including phenoxy) is 1. The fourth-order valence-corrected chi connectivity index (χ4v) is 6.55. The molecule has 3 fully saturated rings. The number of amides is 2. The fourth-order valence-electron chi connectivity index (χ4n) is 6.36. The Morgan fingerprint density at radius 2 is 1.53 bits per heavy atom. The number of piperidine rings is 1. The normalized spacial score (nSPS) is 24.5. The number of carbonyl (C=O) groups excluding carboxylic acids is 2. The molecule has 7 heteroatoms. The molecule has 2 aromatic carbocycles. The summed E-state index contributed by atoms with van der Waals surface area (Å²) in [6, 6.07) is 18.4. The third kappa shape index (κ3) is 5.65. The smallest absolute Gasteiger partial charge is 0.229 e. The second-order valence-electron chi connectivity index (χ2n) is 10.5. The summed E-state index contributed by atoms with van der Waals surface area (Å²) in [7, 11) is 0. The predicted octanol–water partition coefficient (Wildman–Crippen LogP) is 5.83. The van der Waals surface area contributed by atoms with Crippen molar-refractivity contribution in [2.24, 2.45) is 5.41 Å². The average molecular weight is 532 g/mol. The Labute approximate surface area is 225 Å². The second kappa shape index (κ2) is 11.6. The molecule has 1 aliphatic carbocycles. The highest BCUT2D eigenvalue weighted by molar-refractivity contribution is 6.30. The monoisotopic (exact) mass is 530 g/mol. The molecule has 0 aromatic heterocycles. The van der Waals surface area contributed by atoms with Gasteiger partial charge in [0.05, 0.1) is 6.61 Å². The lowest BCUT2D eigenvalue weighted by Gasteiger charge is -2.37. The zero-order valence-corrected chi connectivity index (χ0v) is 22.4. The van der Waals surface area contributed by atoms with Crippen LogP contribution >= 0.6 is 24.0 Å². The number of nitrogens with zero attached hydrogens (tertiary/aromatic N) is 2. The first kappa shape index (κ1) is 27.1. The van der Waals surface area contributed by atoms with Crippen LogP contribution < -0.4 is 0 Å². The van der Waals surface area contributed by atoms with Crippen molar-refractivity contribution in [3.63, 3.8) is 0 Å². The van der Waals surface area contributed by atoms with Gasteiger partial charge in [-0.15, -0.1) is 12.4 Å². The molecular formula is C29H36Cl2N2O3. The van der Waals surface area contributed by atoms with E-state index in [9.17, 15) is 9.59 Å². The Bertz CT molecular complexity index is 1040. The largest absolute Gasteiger partial charge is 0.364 e. The van der Waals surface area contributed by atoms with E-state index in [4.69, 9.17) is 16.3 Å². The molecule has 0 bridgehead atoms. The van der Waals surface area contributed by atoms with Crippen LogP contribution in [0.2, 0.25) is 5.02 Å². The van der Waals surface area contributed by atoms with E-state index in [1.165, 1.54) is 4.90 Å². The first-order valence-electron chi connectivity index (χ1n) is 13.0. The number of likely N-dealkylation sites (tertiary alicyclic amines) is 1. The maximum absolute atomic E-state index is 12.8. The Morgan fingerprint density at radius 1 is 0.833 bits per heavy atom. The van der Waals surface area contributed by atoms with Crippen molar-refractivity contribution in [2.45, 2.75) is 57.0 Å². The summed E-state index contributed by atoms with van der Waals surface area (Å²) in [6.45, 7) is 3.65. The molecule has 1 atom stereocenters. The Balaban J connectivity index is 0.00000304. The van der Waals surface area contributed by atoms with E-state index in [2.05, 4.69) is 35.2 Å². The summed E-state index contributed by atoms with van der Waals surface area (Å²) >= 11 is 6.36. The minimum Gasteiger partial charge on any atom is -0.364 e. The maximum atomic E-state index is 12.8. The van der Waals surface area contributed by atoms with Gasteiger partial charge in [-0.2, -0.15) is 0 Å². The van der Waals surface area contributed by atoms with Crippen molar-refractivity contribution >= 4 is 35.8 Å². The molecule has 2 aromatic rings. The molecule has 36 heavy (non-hydrogen) atoms. The minimum absolute atomic E-state index is 0. The van der Waals surface area contributed by atoms with E-state index in [0.29, 0.717) is 31.0 Å².